The lowest BCUT2D eigenvalue weighted by Crippen LogP contribution is -2.27. The monoisotopic (exact) mass is 443 g/mol. The van der Waals surface area contributed by atoms with Gasteiger partial charge >= 0.3 is 5.97 Å². The highest BCUT2D eigenvalue weighted by Gasteiger charge is 2.25. The minimum Gasteiger partial charge on any atom is -0.497 e. The first-order valence-electron chi connectivity index (χ1n) is 9.69. The fourth-order valence-electron chi connectivity index (χ4n) is 2.56. The van der Waals surface area contributed by atoms with Crippen molar-refractivity contribution in [2.75, 3.05) is 12.4 Å². The molecule has 1 N–H and O–H groups in total. The number of esters is 1. The first-order valence-corrected chi connectivity index (χ1v) is 10.5. The molecule has 1 amide bonds. The van der Waals surface area contributed by atoms with Crippen molar-refractivity contribution in [3.8, 4) is 17.2 Å². The van der Waals surface area contributed by atoms with E-state index in [0.717, 1.165) is 16.9 Å². The van der Waals surface area contributed by atoms with Crippen LogP contribution < -0.4 is 10.1 Å². The van der Waals surface area contributed by atoms with E-state index in [1.54, 1.807) is 51.3 Å². The minimum atomic E-state index is -0.735. The van der Waals surface area contributed by atoms with E-state index < -0.39 is 17.5 Å². The number of amides is 1. The second kappa shape index (κ2) is 8.89. The number of aromatic nitrogens is 2. The number of hydrogen-bond acceptors (Lipinski definition) is 8. The highest BCUT2D eigenvalue weighted by atomic mass is 32.1. The quantitative estimate of drug-likeness (QED) is 0.534. The van der Waals surface area contributed by atoms with Crippen LogP contribution in [0.5, 0.6) is 5.75 Å². The van der Waals surface area contributed by atoms with Crippen molar-refractivity contribution in [2.45, 2.75) is 40.7 Å². The zero-order chi connectivity index (χ0) is 22.8. The number of carbonyl (C=O) groups excluding carboxylic acids is 2. The highest BCUT2D eigenvalue weighted by Crippen LogP contribution is 2.31. The molecule has 0 aliphatic carbocycles. The number of benzene rings is 1. The molecule has 0 saturated carbocycles. The van der Waals surface area contributed by atoms with Crippen LogP contribution in [-0.2, 0) is 9.53 Å². The van der Waals surface area contributed by atoms with Crippen molar-refractivity contribution in [3.63, 3.8) is 0 Å². The van der Waals surface area contributed by atoms with Crippen LogP contribution in [0.25, 0.3) is 11.5 Å². The Morgan fingerprint density at radius 1 is 1.16 bits per heavy atom. The number of nitrogens with one attached hydrogen (secondary N) is 1. The van der Waals surface area contributed by atoms with Crippen LogP contribution in [0, 0.1) is 12.3 Å². The molecule has 3 rings (SSSR count). The van der Waals surface area contributed by atoms with Gasteiger partial charge < -0.3 is 19.2 Å². The normalized spacial score (nSPS) is 12.3. The summed E-state index contributed by atoms with van der Waals surface area (Å²) in [6, 6.07) is 8.94. The van der Waals surface area contributed by atoms with Crippen LogP contribution in [0.2, 0.25) is 0 Å². The Labute approximate surface area is 184 Å². The van der Waals surface area contributed by atoms with E-state index >= 15 is 0 Å². The number of nitrogens with zero attached hydrogens (tertiary/aromatic N) is 2. The molecule has 0 aliphatic heterocycles. The number of thiophene rings is 1. The van der Waals surface area contributed by atoms with Gasteiger partial charge in [-0.15, -0.1) is 21.5 Å². The molecule has 2 heterocycles. The van der Waals surface area contributed by atoms with Gasteiger partial charge in [0.2, 0.25) is 11.8 Å². The SMILES string of the molecule is COc1ccc(-c2nnc(C(C)OC(=O)c3sc(NC(=O)C(C)(C)C)cc3C)o2)cc1. The lowest BCUT2D eigenvalue weighted by Gasteiger charge is -2.16. The lowest BCUT2D eigenvalue weighted by atomic mass is 9.96. The van der Waals surface area contributed by atoms with Gasteiger partial charge in [0.1, 0.15) is 10.6 Å². The van der Waals surface area contributed by atoms with Gasteiger partial charge in [0.15, 0.2) is 6.10 Å². The van der Waals surface area contributed by atoms with E-state index in [1.165, 1.54) is 11.3 Å². The summed E-state index contributed by atoms with van der Waals surface area (Å²) in [7, 11) is 1.59. The maximum Gasteiger partial charge on any atom is 0.349 e. The molecule has 9 heteroatoms. The van der Waals surface area contributed by atoms with Gasteiger partial charge in [-0.2, -0.15) is 0 Å². The third-order valence-electron chi connectivity index (χ3n) is 4.43. The highest BCUT2D eigenvalue weighted by molar-refractivity contribution is 7.18. The molecular formula is C22H25N3O5S. The van der Waals surface area contributed by atoms with E-state index in [4.69, 9.17) is 13.9 Å². The fraction of sp³-hybridized carbons (Fsp3) is 0.364. The van der Waals surface area contributed by atoms with Crippen molar-refractivity contribution in [2.24, 2.45) is 5.41 Å². The molecule has 0 saturated heterocycles. The average molecular weight is 444 g/mol. The summed E-state index contributed by atoms with van der Waals surface area (Å²) < 4.78 is 16.3. The smallest absolute Gasteiger partial charge is 0.349 e. The summed E-state index contributed by atoms with van der Waals surface area (Å²) >= 11 is 1.17. The van der Waals surface area contributed by atoms with Crippen molar-refractivity contribution in [1.82, 2.24) is 10.2 Å². The Morgan fingerprint density at radius 3 is 2.45 bits per heavy atom. The van der Waals surface area contributed by atoms with E-state index in [0.29, 0.717) is 15.8 Å². The molecule has 8 nitrogen and oxygen atoms in total. The predicted octanol–water partition coefficient (Wildman–Crippen LogP) is 5.02. The molecule has 0 aliphatic rings. The number of ether oxygens (including phenoxy) is 2. The summed E-state index contributed by atoms with van der Waals surface area (Å²) in [5, 5.41) is 11.5. The van der Waals surface area contributed by atoms with Crippen LogP contribution in [0.3, 0.4) is 0 Å². The molecular weight excluding hydrogens is 418 g/mol. The number of carbonyl (C=O) groups is 2. The van der Waals surface area contributed by atoms with Crippen LogP contribution in [0.4, 0.5) is 5.00 Å². The molecule has 3 aromatic rings. The molecule has 0 radical (unpaired) electrons. The van der Waals surface area contributed by atoms with Gasteiger partial charge in [0.25, 0.3) is 5.89 Å². The summed E-state index contributed by atoms with van der Waals surface area (Å²) in [6.45, 7) is 8.92. The van der Waals surface area contributed by atoms with E-state index in [2.05, 4.69) is 15.5 Å². The van der Waals surface area contributed by atoms with Crippen LogP contribution in [0.15, 0.2) is 34.7 Å². The Hall–Kier alpha value is -3.20. The van der Waals surface area contributed by atoms with Crippen LogP contribution in [-0.4, -0.2) is 29.2 Å². The summed E-state index contributed by atoms with van der Waals surface area (Å²) in [5.74, 6) is 0.583. The largest absolute Gasteiger partial charge is 0.497 e. The first kappa shape index (κ1) is 22.5. The zero-order valence-electron chi connectivity index (χ0n) is 18.3. The van der Waals surface area contributed by atoms with E-state index in [9.17, 15) is 9.59 Å². The summed E-state index contributed by atoms with van der Waals surface area (Å²) in [5.41, 5.74) is 0.911. The van der Waals surface area contributed by atoms with Gasteiger partial charge in [-0.25, -0.2) is 4.79 Å². The summed E-state index contributed by atoms with van der Waals surface area (Å²) in [6.07, 6.45) is -0.735. The van der Waals surface area contributed by atoms with Gasteiger partial charge in [0, 0.05) is 11.0 Å². The lowest BCUT2D eigenvalue weighted by molar-refractivity contribution is -0.123. The third kappa shape index (κ3) is 5.29. The number of rotatable bonds is 6. The average Bonchev–Trinajstić information content (AvgIpc) is 3.34. The Morgan fingerprint density at radius 2 is 1.84 bits per heavy atom. The molecule has 2 aromatic heterocycles. The standard InChI is InChI=1S/C22H25N3O5S/c1-12-11-16(23-21(27)22(3,4)5)31-17(12)20(26)29-13(2)18-24-25-19(30-18)14-7-9-15(28-6)10-8-14/h7-11,13H,1-6H3,(H,23,27). The van der Waals surface area contributed by atoms with Crippen LogP contribution in [0.1, 0.15) is 54.9 Å². The van der Waals surface area contributed by atoms with Gasteiger partial charge in [-0.3, -0.25) is 4.79 Å². The molecule has 1 aromatic carbocycles. The third-order valence-corrected chi connectivity index (χ3v) is 5.56. The maximum atomic E-state index is 12.7. The van der Waals surface area contributed by atoms with Crippen LogP contribution >= 0.6 is 11.3 Å². The van der Waals surface area contributed by atoms with Gasteiger partial charge in [-0.1, -0.05) is 20.8 Å². The molecule has 0 spiro atoms. The van der Waals surface area contributed by atoms with Crippen molar-refractivity contribution in [3.05, 3.63) is 46.7 Å². The molecule has 164 valence electrons. The van der Waals surface area contributed by atoms with E-state index in [1.807, 2.05) is 20.8 Å². The second-order valence-corrected chi connectivity index (χ2v) is 9.10. The Balaban J connectivity index is 1.68. The van der Waals surface area contributed by atoms with Crippen molar-refractivity contribution < 1.29 is 23.5 Å². The zero-order valence-corrected chi connectivity index (χ0v) is 19.1. The molecule has 1 unspecified atom stereocenters. The van der Waals surface area contributed by atoms with E-state index in [-0.39, 0.29) is 11.8 Å². The number of aryl methyl sites for hydroxylation is 1. The van der Waals surface area contributed by atoms with Crippen molar-refractivity contribution >= 4 is 28.2 Å². The molecule has 31 heavy (non-hydrogen) atoms. The van der Waals surface area contributed by atoms with Crippen molar-refractivity contribution in [1.29, 1.82) is 0 Å². The maximum absolute atomic E-state index is 12.7. The topological polar surface area (TPSA) is 104 Å². The van der Waals surface area contributed by atoms with Gasteiger partial charge in [-0.05, 0) is 49.7 Å². The first-order chi connectivity index (χ1) is 14.6. The Bertz CT molecular complexity index is 1080. The molecule has 1 atom stereocenters. The molecule has 0 fully saturated rings. The second-order valence-electron chi connectivity index (χ2n) is 8.05. The fourth-order valence-corrected chi connectivity index (χ4v) is 3.51. The Kier molecular flexibility index (Phi) is 6.45. The number of anilines is 1. The molecule has 0 bridgehead atoms. The number of hydrogen-bond donors (Lipinski definition) is 1. The summed E-state index contributed by atoms with van der Waals surface area (Å²) in [4.78, 5) is 25.3. The minimum absolute atomic E-state index is 0.126. The van der Waals surface area contributed by atoms with Gasteiger partial charge in [0.05, 0.1) is 12.1 Å². The predicted molar refractivity (Wildman–Crippen MR) is 117 cm³/mol. The number of methoxy groups -OCH3 is 1.